The topological polar surface area (TPSA) is 43.4 Å². The van der Waals surface area contributed by atoms with Crippen molar-refractivity contribution >= 4 is 22.9 Å². The normalized spacial score (nSPS) is 10.7. The molecular weight excluding hydrogens is 356 g/mol. The molecule has 0 atom stereocenters. The maximum Gasteiger partial charge on any atom is 0.161 e. The molecule has 0 fully saturated rings. The molecule has 0 aliphatic heterocycles. The minimum Gasteiger partial charge on any atom is -0.493 e. The highest BCUT2D eigenvalue weighted by atomic mass is 35.5. The number of rotatable bonds is 7. The zero-order valence-electron chi connectivity index (χ0n) is 14.1. The highest BCUT2D eigenvalue weighted by Crippen LogP contribution is 2.29. The first kappa shape index (κ1) is 17.7. The van der Waals surface area contributed by atoms with Crippen LogP contribution >= 0.6 is 22.9 Å². The Morgan fingerprint density at radius 1 is 1.04 bits per heavy atom. The summed E-state index contributed by atoms with van der Waals surface area (Å²) in [6.07, 6.45) is 1.89. The Labute approximate surface area is 156 Å². The Morgan fingerprint density at radius 3 is 2.64 bits per heavy atom. The lowest BCUT2D eigenvalue weighted by molar-refractivity contribution is 0.354. The summed E-state index contributed by atoms with van der Waals surface area (Å²) < 4.78 is 10.6. The van der Waals surface area contributed by atoms with Crippen LogP contribution in [0.2, 0.25) is 5.02 Å². The van der Waals surface area contributed by atoms with Crippen molar-refractivity contribution in [3.8, 4) is 21.9 Å². The van der Waals surface area contributed by atoms with Gasteiger partial charge in [-0.3, -0.25) is 0 Å². The van der Waals surface area contributed by atoms with Crippen LogP contribution in [0.3, 0.4) is 0 Å². The van der Waals surface area contributed by atoms with Gasteiger partial charge in [0.05, 0.1) is 19.1 Å². The quantitative estimate of drug-likeness (QED) is 0.646. The van der Waals surface area contributed by atoms with Gasteiger partial charge in [0.15, 0.2) is 11.5 Å². The Balaban J connectivity index is 1.60. The van der Waals surface area contributed by atoms with E-state index in [-0.39, 0.29) is 0 Å². The molecule has 25 heavy (non-hydrogen) atoms. The first-order valence-electron chi connectivity index (χ1n) is 7.82. The maximum atomic E-state index is 6.05. The van der Waals surface area contributed by atoms with Gasteiger partial charge in [-0.2, -0.15) is 0 Å². The average molecular weight is 375 g/mol. The lowest BCUT2D eigenvalue weighted by Crippen LogP contribution is -2.12. The van der Waals surface area contributed by atoms with Crippen LogP contribution in [0.5, 0.6) is 11.5 Å². The van der Waals surface area contributed by atoms with Crippen LogP contribution in [0.25, 0.3) is 10.4 Å². The predicted octanol–water partition coefficient (Wildman–Crippen LogP) is 4.77. The minimum atomic E-state index is 0.708. The third kappa shape index (κ3) is 4.51. The zero-order valence-corrected chi connectivity index (χ0v) is 15.7. The van der Waals surface area contributed by atoms with Crippen LogP contribution in [0.15, 0.2) is 48.7 Å². The van der Waals surface area contributed by atoms with Crippen LogP contribution in [-0.4, -0.2) is 19.2 Å². The third-order valence-corrected chi connectivity index (χ3v) is 5.00. The van der Waals surface area contributed by atoms with Crippen LogP contribution in [0.4, 0.5) is 0 Å². The van der Waals surface area contributed by atoms with Gasteiger partial charge < -0.3 is 14.8 Å². The molecule has 1 heterocycles. The fourth-order valence-corrected chi connectivity index (χ4v) is 3.55. The molecule has 0 aliphatic rings. The first-order chi connectivity index (χ1) is 12.2. The van der Waals surface area contributed by atoms with E-state index >= 15 is 0 Å². The number of nitrogens with one attached hydrogen (secondary N) is 1. The number of benzene rings is 2. The molecule has 4 nitrogen and oxygen atoms in total. The number of thiazole rings is 1. The lowest BCUT2D eigenvalue weighted by atomic mass is 10.2. The van der Waals surface area contributed by atoms with E-state index in [2.05, 4.69) is 10.3 Å². The second-order valence-electron chi connectivity index (χ2n) is 5.42. The smallest absolute Gasteiger partial charge is 0.161 e. The molecule has 3 aromatic rings. The SMILES string of the molecule is COc1ccc(CNCc2ncc(-c3cccc(Cl)c3)s2)cc1OC. The van der Waals surface area contributed by atoms with E-state index in [1.807, 2.05) is 48.7 Å². The van der Waals surface area contributed by atoms with Gasteiger partial charge in [0.25, 0.3) is 0 Å². The number of aromatic nitrogens is 1. The van der Waals surface area contributed by atoms with E-state index in [9.17, 15) is 0 Å². The van der Waals surface area contributed by atoms with Crippen molar-refractivity contribution in [1.82, 2.24) is 10.3 Å². The summed E-state index contributed by atoms with van der Waals surface area (Å²) in [5, 5.41) is 5.18. The summed E-state index contributed by atoms with van der Waals surface area (Å²) >= 11 is 7.72. The van der Waals surface area contributed by atoms with E-state index < -0.39 is 0 Å². The van der Waals surface area contributed by atoms with E-state index in [0.717, 1.165) is 44.1 Å². The Morgan fingerprint density at radius 2 is 1.88 bits per heavy atom. The summed E-state index contributed by atoms with van der Waals surface area (Å²) in [6, 6.07) is 13.7. The Hall–Kier alpha value is -2.08. The van der Waals surface area contributed by atoms with Gasteiger partial charge >= 0.3 is 0 Å². The van der Waals surface area contributed by atoms with E-state index in [0.29, 0.717) is 6.54 Å². The highest BCUT2D eigenvalue weighted by molar-refractivity contribution is 7.15. The zero-order chi connectivity index (χ0) is 17.6. The van der Waals surface area contributed by atoms with Crippen LogP contribution < -0.4 is 14.8 Å². The van der Waals surface area contributed by atoms with Gasteiger partial charge in [-0.15, -0.1) is 11.3 Å². The van der Waals surface area contributed by atoms with Crippen molar-refractivity contribution in [2.24, 2.45) is 0 Å². The molecule has 2 aromatic carbocycles. The van der Waals surface area contributed by atoms with Crippen molar-refractivity contribution in [1.29, 1.82) is 0 Å². The molecule has 0 unspecified atom stereocenters. The molecule has 0 spiro atoms. The van der Waals surface area contributed by atoms with Crippen molar-refractivity contribution in [3.05, 3.63) is 64.3 Å². The van der Waals surface area contributed by atoms with Crippen molar-refractivity contribution in [2.45, 2.75) is 13.1 Å². The summed E-state index contributed by atoms with van der Waals surface area (Å²) in [7, 11) is 3.28. The standard InChI is InChI=1S/C19H19ClN2O2S/c1-23-16-7-6-13(8-17(16)24-2)10-21-12-19-22-11-18(25-19)14-4-3-5-15(20)9-14/h3-9,11,21H,10,12H2,1-2H3. The highest BCUT2D eigenvalue weighted by Gasteiger charge is 2.07. The summed E-state index contributed by atoms with van der Waals surface area (Å²) in [6.45, 7) is 1.44. The fourth-order valence-electron chi connectivity index (χ4n) is 2.47. The molecule has 0 bridgehead atoms. The monoisotopic (exact) mass is 374 g/mol. The van der Waals surface area contributed by atoms with Gasteiger partial charge in [0.1, 0.15) is 5.01 Å². The predicted molar refractivity (Wildman–Crippen MR) is 103 cm³/mol. The van der Waals surface area contributed by atoms with Gasteiger partial charge in [0.2, 0.25) is 0 Å². The van der Waals surface area contributed by atoms with Gasteiger partial charge in [0, 0.05) is 24.3 Å². The molecule has 1 aromatic heterocycles. The van der Waals surface area contributed by atoms with Crippen LogP contribution in [0.1, 0.15) is 10.6 Å². The van der Waals surface area contributed by atoms with E-state index in [1.54, 1.807) is 25.6 Å². The minimum absolute atomic E-state index is 0.708. The molecule has 0 aliphatic carbocycles. The molecule has 0 saturated carbocycles. The second kappa shape index (κ2) is 8.34. The van der Waals surface area contributed by atoms with Crippen molar-refractivity contribution in [3.63, 3.8) is 0 Å². The third-order valence-electron chi connectivity index (χ3n) is 3.72. The molecule has 0 saturated heterocycles. The maximum absolute atomic E-state index is 6.05. The molecular formula is C19H19ClN2O2S. The molecule has 0 radical (unpaired) electrons. The van der Waals surface area contributed by atoms with Crippen molar-refractivity contribution < 1.29 is 9.47 Å². The fraction of sp³-hybridized carbons (Fsp3) is 0.211. The largest absolute Gasteiger partial charge is 0.493 e. The number of hydrogen-bond donors (Lipinski definition) is 1. The number of ether oxygens (including phenoxy) is 2. The molecule has 3 rings (SSSR count). The molecule has 130 valence electrons. The molecule has 0 amide bonds. The van der Waals surface area contributed by atoms with Gasteiger partial charge in [-0.25, -0.2) is 4.98 Å². The number of hydrogen-bond acceptors (Lipinski definition) is 5. The molecule has 6 heteroatoms. The number of methoxy groups -OCH3 is 2. The van der Waals surface area contributed by atoms with Gasteiger partial charge in [-0.1, -0.05) is 29.8 Å². The van der Waals surface area contributed by atoms with Gasteiger partial charge in [-0.05, 0) is 35.4 Å². The average Bonchev–Trinajstić information content (AvgIpc) is 3.10. The first-order valence-corrected chi connectivity index (χ1v) is 9.01. The Bertz CT molecular complexity index is 851. The number of nitrogens with zero attached hydrogens (tertiary/aromatic N) is 1. The van der Waals surface area contributed by atoms with E-state index in [4.69, 9.17) is 21.1 Å². The number of halogens is 1. The summed E-state index contributed by atoms with van der Waals surface area (Å²) in [5.74, 6) is 1.47. The van der Waals surface area contributed by atoms with Crippen LogP contribution in [0, 0.1) is 0 Å². The van der Waals surface area contributed by atoms with Crippen molar-refractivity contribution in [2.75, 3.05) is 14.2 Å². The summed E-state index contributed by atoms with van der Waals surface area (Å²) in [5.41, 5.74) is 2.22. The lowest BCUT2D eigenvalue weighted by Gasteiger charge is -2.09. The van der Waals surface area contributed by atoms with E-state index in [1.165, 1.54) is 0 Å². The summed E-state index contributed by atoms with van der Waals surface area (Å²) in [4.78, 5) is 5.60. The molecule has 1 N–H and O–H groups in total. The second-order valence-corrected chi connectivity index (χ2v) is 6.97. The van der Waals surface area contributed by atoms with Crippen LogP contribution in [-0.2, 0) is 13.1 Å². The Kier molecular flexibility index (Phi) is 5.91.